The summed E-state index contributed by atoms with van der Waals surface area (Å²) in [6, 6.07) is 31.2. The number of amides is 1. The van der Waals surface area contributed by atoms with Crippen LogP contribution in [0.2, 0.25) is 0 Å². The summed E-state index contributed by atoms with van der Waals surface area (Å²) in [6.07, 6.45) is 1.67. The van der Waals surface area contributed by atoms with Crippen LogP contribution in [0, 0.1) is 5.82 Å². The van der Waals surface area contributed by atoms with Gasteiger partial charge >= 0.3 is 0 Å². The van der Waals surface area contributed by atoms with Crippen LogP contribution in [0.1, 0.15) is 24.2 Å². The highest BCUT2D eigenvalue weighted by Gasteiger charge is 2.23. The molecule has 0 unspecified atom stereocenters. The van der Waals surface area contributed by atoms with Crippen LogP contribution in [-0.2, 0) is 11.2 Å². The Morgan fingerprint density at radius 3 is 2.36 bits per heavy atom. The predicted molar refractivity (Wildman–Crippen MR) is 139 cm³/mol. The number of carbonyl (C=O) groups excluding carboxylic acids is 1. The average Bonchev–Trinajstić information content (AvgIpc) is 3.32. The third kappa shape index (κ3) is 5.28. The van der Waals surface area contributed by atoms with Gasteiger partial charge in [-0.2, -0.15) is 5.10 Å². The van der Waals surface area contributed by atoms with Gasteiger partial charge in [0.25, 0.3) is 0 Å². The lowest BCUT2D eigenvalue weighted by atomic mass is 10.0. The maximum absolute atomic E-state index is 13.3. The molecule has 0 aliphatic heterocycles. The highest BCUT2D eigenvalue weighted by Crippen LogP contribution is 2.29. The Balaban J connectivity index is 1.37. The third-order valence-corrected chi connectivity index (χ3v) is 6.05. The maximum atomic E-state index is 13.3. The molecule has 36 heavy (non-hydrogen) atoms. The highest BCUT2D eigenvalue weighted by molar-refractivity contribution is 5.82. The van der Waals surface area contributed by atoms with Gasteiger partial charge in [0.1, 0.15) is 17.7 Å². The molecule has 5 rings (SSSR count). The van der Waals surface area contributed by atoms with Gasteiger partial charge in [0.2, 0.25) is 5.91 Å². The van der Waals surface area contributed by atoms with Gasteiger partial charge in [-0.05, 0) is 60.5 Å². The quantitative estimate of drug-likeness (QED) is 0.296. The Morgan fingerprint density at radius 2 is 1.64 bits per heavy atom. The smallest absolute Gasteiger partial charge is 0.224 e. The molecule has 5 nitrogen and oxygen atoms in total. The van der Waals surface area contributed by atoms with E-state index < -0.39 is 6.10 Å². The lowest BCUT2D eigenvalue weighted by Gasteiger charge is -2.26. The number of benzene rings is 4. The van der Waals surface area contributed by atoms with Crippen LogP contribution in [0.4, 0.5) is 4.39 Å². The number of halogens is 1. The summed E-state index contributed by atoms with van der Waals surface area (Å²) < 4.78 is 21.6. The minimum Gasteiger partial charge on any atom is -0.484 e. The molecule has 5 aromatic rings. The first-order valence-corrected chi connectivity index (χ1v) is 11.9. The zero-order valence-electron chi connectivity index (χ0n) is 19.8. The average molecular weight is 480 g/mol. The fraction of sp³-hybridized carbons (Fsp3) is 0.133. The van der Waals surface area contributed by atoms with E-state index in [2.05, 4.69) is 10.4 Å². The van der Waals surface area contributed by atoms with Gasteiger partial charge in [-0.25, -0.2) is 9.07 Å². The third-order valence-electron chi connectivity index (χ3n) is 6.05. The number of carbonyl (C=O) groups is 1. The molecular weight excluding hydrogens is 453 g/mol. The highest BCUT2D eigenvalue weighted by atomic mass is 19.1. The SMILES string of the molecule is C[C@H](NC(=O)Cc1ccccc1)[C@H](Oc1ccc2c(cnn2-c2ccc(F)cc2)c1)c1ccccc1. The minimum absolute atomic E-state index is 0.0609. The molecular formula is C30H26FN3O2. The lowest BCUT2D eigenvalue weighted by Crippen LogP contribution is -2.40. The van der Waals surface area contributed by atoms with Gasteiger partial charge in [-0.15, -0.1) is 0 Å². The summed E-state index contributed by atoms with van der Waals surface area (Å²) in [5, 5.41) is 8.47. The standard InChI is InChI=1S/C30H26FN3O2/c1-21(33-29(35)18-22-8-4-2-5-9-22)30(23-10-6-3-7-11-23)36-27-16-17-28-24(19-27)20-32-34(28)26-14-12-25(31)13-15-26/h2-17,19-21,30H,18H2,1H3,(H,33,35)/t21-,30-/m0/s1. The van der Waals surface area contributed by atoms with Crippen LogP contribution >= 0.6 is 0 Å². The maximum Gasteiger partial charge on any atom is 0.224 e. The summed E-state index contributed by atoms with van der Waals surface area (Å²) in [4.78, 5) is 12.7. The first-order valence-electron chi connectivity index (χ1n) is 11.9. The van der Waals surface area contributed by atoms with Gasteiger partial charge in [-0.1, -0.05) is 60.7 Å². The molecule has 1 amide bonds. The largest absolute Gasteiger partial charge is 0.484 e. The van der Waals surface area contributed by atoms with Crippen LogP contribution in [0.5, 0.6) is 5.75 Å². The molecule has 0 saturated carbocycles. The number of fused-ring (bicyclic) bond motifs is 1. The van der Waals surface area contributed by atoms with Crippen molar-refractivity contribution in [1.82, 2.24) is 15.1 Å². The monoisotopic (exact) mass is 479 g/mol. The van der Waals surface area contributed by atoms with E-state index in [1.165, 1.54) is 12.1 Å². The zero-order valence-corrected chi connectivity index (χ0v) is 19.8. The van der Waals surface area contributed by atoms with Gasteiger partial charge in [0, 0.05) is 5.39 Å². The summed E-state index contributed by atoms with van der Waals surface area (Å²) in [5.74, 6) is 0.316. The van der Waals surface area contributed by atoms with Crippen molar-refractivity contribution < 1.29 is 13.9 Å². The van der Waals surface area contributed by atoms with E-state index in [1.54, 1.807) is 23.0 Å². The van der Waals surface area contributed by atoms with E-state index >= 15 is 0 Å². The molecule has 0 aliphatic rings. The fourth-order valence-corrected chi connectivity index (χ4v) is 4.28. The van der Waals surface area contributed by atoms with Crippen LogP contribution in [0.3, 0.4) is 0 Å². The molecule has 1 aromatic heterocycles. The van der Waals surface area contributed by atoms with Crippen molar-refractivity contribution in [3.05, 3.63) is 126 Å². The predicted octanol–water partition coefficient (Wildman–Crippen LogP) is 6.03. The van der Waals surface area contributed by atoms with Crippen molar-refractivity contribution in [2.75, 3.05) is 0 Å². The second-order valence-corrected chi connectivity index (χ2v) is 8.72. The van der Waals surface area contributed by atoms with E-state index in [0.717, 1.165) is 27.7 Å². The Bertz CT molecular complexity index is 1450. The van der Waals surface area contributed by atoms with Crippen molar-refractivity contribution >= 4 is 16.8 Å². The van der Waals surface area contributed by atoms with Crippen LogP contribution in [-0.4, -0.2) is 21.7 Å². The van der Waals surface area contributed by atoms with Crippen molar-refractivity contribution in [1.29, 1.82) is 0 Å². The van der Waals surface area contributed by atoms with E-state index in [9.17, 15) is 9.18 Å². The Labute approximate surface area is 209 Å². The number of hydrogen-bond donors (Lipinski definition) is 1. The van der Waals surface area contributed by atoms with E-state index in [0.29, 0.717) is 12.2 Å². The number of nitrogens with zero attached hydrogens (tertiary/aromatic N) is 2. The van der Waals surface area contributed by atoms with Crippen LogP contribution < -0.4 is 10.1 Å². The molecule has 0 bridgehead atoms. The summed E-state index contributed by atoms with van der Waals surface area (Å²) in [7, 11) is 0. The van der Waals surface area contributed by atoms with Crippen molar-refractivity contribution in [3.8, 4) is 11.4 Å². The first-order chi connectivity index (χ1) is 17.6. The number of hydrogen-bond acceptors (Lipinski definition) is 3. The Kier molecular flexibility index (Phi) is 6.76. The van der Waals surface area contributed by atoms with E-state index in [1.807, 2.05) is 85.8 Å². The molecule has 180 valence electrons. The van der Waals surface area contributed by atoms with E-state index in [4.69, 9.17) is 4.74 Å². The molecule has 6 heteroatoms. The summed E-state index contributed by atoms with van der Waals surface area (Å²) >= 11 is 0. The number of ether oxygens (including phenoxy) is 1. The minimum atomic E-state index is -0.393. The topological polar surface area (TPSA) is 56.1 Å². The molecule has 0 spiro atoms. The molecule has 0 saturated heterocycles. The van der Waals surface area contributed by atoms with Gasteiger partial charge < -0.3 is 10.1 Å². The normalized spacial score (nSPS) is 12.7. The van der Waals surface area contributed by atoms with Crippen LogP contribution in [0.25, 0.3) is 16.6 Å². The summed E-state index contributed by atoms with van der Waals surface area (Å²) in [6.45, 7) is 1.95. The summed E-state index contributed by atoms with van der Waals surface area (Å²) in [5.41, 5.74) is 3.58. The Hall–Kier alpha value is -4.45. The molecule has 1 heterocycles. The first kappa shape index (κ1) is 23.3. The molecule has 0 aliphatic carbocycles. The van der Waals surface area contributed by atoms with Crippen molar-refractivity contribution in [3.63, 3.8) is 0 Å². The van der Waals surface area contributed by atoms with Crippen molar-refractivity contribution in [2.24, 2.45) is 0 Å². The van der Waals surface area contributed by atoms with Gasteiger partial charge in [0.15, 0.2) is 0 Å². The fourth-order valence-electron chi connectivity index (χ4n) is 4.28. The number of nitrogens with one attached hydrogen (secondary N) is 1. The molecule has 2 atom stereocenters. The zero-order chi connectivity index (χ0) is 24.9. The second kappa shape index (κ2) is 10.4. The molecule has 4 aromatic carbocycles. The van der Waals surface area contributed by atoms with Crippen LogP contribution in [0.15, 0.2) is 109 Å². The number of rotatable bonds is 8. The lowest BCUT2D eigenvalue weighted by molar-refractivity contribution is -0.121. The van der Waals surface area contributed by atoms with Gasteiger partial charge in [0.05, 0.1) is 29.9 Å². The second-order valence-electron chi connectivity index (χ2n) is 8.72. The van der Waals surface area contributed by atoms with Crippen molar-refractivity contribution in [2.45, 2.75) is 25.5 Å². The molecule has 1 N–H and O–H groups in total. The van der Waals surface area contributed by atoms with E-state index in [-0.39, 0.29) is 17.8 Å². The van der Waals surface area contributed by atoms with Gasteiger partial charge in [-0.3, -0.25) is 4.79 Å². The number of aromatic nitrogens is 2. The Morgan fingerprint density at radius 1 is 0.944 bits per heavy atom. The molecule has 0 fully saturated rings. The molecule has 0 radical (unpaired) electrons.